The van der Waals surface area contributed by atoms with Gasteiger partial charge in [-0.2, -0.15) is 0 Å². The third kappa shape index (κ3) is 9.07. The number of nitrogens with zero attached hydrogens (tertiary/aromatic N) is 1. The fourth-order valence-corrected chi connectivity index (χ4v) is 2.98. The van der Waals surface area contributed by atoms with Gasteiger partial charge in [-0.25, -0.2) is 0 Å². The Morgan fingerprint density at radius 2 is 1.38 bits per heavy atom. The van der Waals surface area contributed by atoms with E-state index in [9.17, 15) is 4.79 Å². The Hall–Kier alpha value is -1.35. The molecule has 3 nitrogen and oxygen atoms in total. The second-order valence-corrected chi connectivity index (χ2v) is 6.52. The molecule has 0 radical (unpaired) electrons. The maximum absolute atomic E-state index is 10.7. The molecule has 0 aromatic heterocycles. The minimum Gasteiger partial charge on any atom is -0.366 e. The van der Waals surface area contributed by atoms with E-state index in [4.69, 9.17) is 5.73 Å². The zero-order valence-corrected chi connectivity index (χ0v) is 16.7. The smallest absolute Gasteiger partial charge is 0.248 e. The lowest BCUT2D eigenvalue weighted by molar-refractivity contribution is 0.1000. The molecule has 1 amide bonds. The van der Waals surface area contributed by atoms with Crippen molar-refractivity contribution in [3.05, 3.63) is 34.9 Å². The van der Waals surface area contributed by atoms with E-state index >= 15 is 0 Å². The quantitative estimate of drug-likeness (QED) is 0.790. The molecule has 0 unspecified atom stereocenters. The zero-order valence-electron chi connectivity index (χ0n) is 16.7. The van der Waals surface area contributed by atoms with Crippen LogP contribution < -0.4 is 5.73 Å². The molecule has 3 heterocycles. The molecule has 1 aromatic carbocycles. The standard InChI is InChI=1S/C9H11NO.C7H13N.C3H8.C2H6/c1-6-3-7(2)5-8(4-6)9(10)11;1-4-8-5-2-7(1)3-6-8;1-3-2;1-2/h3-5H,1-2H3,(H2,10,11);7H,1-6H2;3H2,1-2H3;1-2H3. The van der Waals surface area contributed by atoms with Gasteiger partial charge in [0.2, 0.25) is 5.91 Å². The molecule has 3 aliphatic heterocycles. The molecule has 24 heavy (non-hydrogen) atoms. The number of carbonyl (C=O) groups excluding carboxylic acids is 1. The highest BCUT2D eigenvalue weighted by atomic mass is 16.1. The molecular weight excluding hydrogens is 296 g/mol. The Labute approximate surface area is 149 Å². The average molecular weight is 335 g/mol. The van der Waals surface area contributed by atoms with E-state index in [0.29, 0.717) is 5.56 Å². The van der Waals surface area contributed by atoms with Crippen LogP contribution in [-0.2, 0) is 0 Å². The molecule has 3 fully saturated rings. The summed E-state index contributed by atoms with van der Waals surface area (Å²) in [5.41, 5.74) is 7.83. The summed E-state index contributed by atoms with van der Waals surface area (Å²) in [5.74, 6) is 0.747. The molecule has 3 saturated heterocycles. The second kappa shape index (κ2) is 13.0. The van der Waals surface area contributed by atoms with Gasteiger partial charge in [-0.15, -0.1) is 0 Å². The van der Waals surface area contributed by atoms with E-state index in [1.165, 1.54) is 45.3 Å². The molecule has 0 aliphatic carbocycles. The predicted molar refractivity (Wildman–Crippen MR) is 106 cm³/mol. The van der Waals surface area contributed by atoms with Crippen LogP contribution in [0.25, 0.3) is 0 Å². The summed E-state index contributed by atoms with van der Waals surface area (Å²) in [4.78, 5) is 13.3. The molecular formula is C21H38N2O. The average Bonchev–Trinajstić information content (AvgIpc) is 2.59. The van der Waals surface area contributed by atoms with Crippen molar-refractivity contribution < 1.29 is 4.79 Å². The van der Waals surface area contributed by atoms with E-state index < -0.39 is 0 Å². The lowest BCUT2D eigenvalue weighted by Crippen LogP contribution is -2.41. The van der Waals surface area contributed by atoms with Crippen LogP contribution in [-0.4, -0.2) is 30.4 Å². The highest BCUT2D eigenvalue weighted by Gasteiger charge is 2.24. The fraction of sp³-hybridized carbons (Fsp3) is 0.667. The molecule has 3 aliphatic rings. The van der Waals surface area contributed by atoms with E-state index in [2.05, 4.69) is 18.7 Å². The van der Waals surface area contributed by atoms with Gasteiger partial charge < -0.3 is 10.6 Å². The maximum atomic E-state index is 10.7. The van der Waals surface area contributed by atoms with E-state index in [1.807, 2.05) is 33.8 Å². The van der Waals surface area contributed by atoms with Crippen molar-refractivity contribution in [3.8, 4) is 0 Å². The Kier molecular flexibility index (Phi) is 12.3. The van der Waals surface area contributed by atoms with Crippen molar-refractivity contribution >= 4 is 5.91 Å². The first-order chi connectivity index (χ1) is 11.5. The van der Waals surface area contributed by atoms with Crippen LogP contribution >= 0.6 is 0 Å². The van der Waals surface area contributed by atoms with Gasteiger partial charge >= 0.3 is 0 Å². The zero-order chi connectivity index (χ0) is 18.5. The monoisotopic (exact) mass is 334 g/mol. The number of nitrogens with two attached hydrogens (primary N) is 1. The third-order valence-electron chi connectivity index (χ3n) is 4.07. The summed E-state index contributed by atoms with van der Waals surface area (Å²) in [6, 6.07) is 5.58. The summed E-state index contributed by atoms with van der Waals surface area (Å²) < 4.78 is 0. The molecule has 2 N–H and O–H groups in total. The van der Waals surface area contributed by atoms with Gasteiger partial charge in [0.15, 0.2) is 0 Å². The SMILES string of the molecule is C1CN2CCC1CC2.CC.CCC.Cc1cc(C)cc(C(N)=O)c1. The first kappa shape index (κ1) is 22.6. The topological polar surface area (TPSA) is 46.3 Å². The molecule has 2 bridgehead atoms. The van der Waals surface area contributed by atoms with Crippen LogP contribution in [0.15, 0.2) is 18.2 Å². The highest BCUT2D eigenvalue weighted by molar-refractivity contribution is 5.93. The Morgan fingerprint density at radius 1 is 1.00 bits per heavy atom. The van der Waals surface area contributed by atoms with Gasteiger partial charge in [0.1, 0.15) is 0 Å². The normalized spacial score (nSPS) is 20.4. The van der Waals surface area contributed by atoms with Crippen molar-refractivity contribution in [1.29, 1.82) is 0 Å². The molecule has 4 rings (SSSR count). The predicted octanol–water partition coefficient (Wildman–Crippen LogP) is 4.95. The largest absolute Gasteiger partial charge is 0.366 e. The molecule has 0 saturated carbocycles. The Bertz CT molecular complexity index is 420. The number of fused-ring (bicyclic) bond motifs is 3. The fourth-order valence-electron chi connectivity index (χ4n) is 2.98. The van der Waals surface area contributed by atoms with Gasteiger partial charge in [-0.05, 0) is 70.8 Å². The van der Waals surface area contributed by atoms with E-state index in [1.54, 1.807) is 12.1 Å². The summed E-state index contributed by atoms with van der Waals surface area (Å²) in [6.45, 7) is 16.3. The number of rotatable bonds is 1. The van der Waals surface area contributed by atoms with E-state index in [-0.39, 0.29) is 5.91 Å². The molecule has 138 valence electrons. The van der Waals surface area contributed by atoms with Crippen LogP contribution in [0.1, 0.15) is 74.9 Å². The van der Waals surface area contributed by atoms with Gasteiger partial charge in [-0.3, -0.25) is 4.79 Å². The van der Waals surface area contributed by atoms with Crippen LogP contribution in [0, 0.1) is 19.8 Å². The maximum Gasteiger partial charge on any atom is 0.248 e. The third-order valence-corrected chi connectivity index (χ3v) is 4.07. The van der Waals surface area contributed by atoms with Crippen molar-refractivity contribution in [2.45, 2.75) is 67.2 Å². The van der Waals surface area contributed by atoms with Gasteiger partial charge in [-0.1, -0.05) is 51.3 Å². The van der Waals surface area contributed by atoms with Gasteiger partial charge in [0.25, 0.3) is 0 Å². The van der Waals surface area contributed by atoms with Crippen molar-refractivity contribution in [2.24, 2.45) is 11.7 Å². The summed E-state index contributed by atoms with van der Waals surface area (Å²) in [7, 11) is 0. The lowest BCUT2D eigenvalue weighted by atomic mass is 9.89. The van der Waals surface area contributed by atoms with Crippen LogP contribution in [0.2, 0.25) is 0 Å². The summed E-state index contributed by atoms with van der Waals surface area (Å²) in [5, 5.41) is 0. The highest BCUT2D eigenvalue weighted by Crippen LogP contribution is 2.26. The van der Waals surface area contributed by atoms with Crippen molar-refractivity contribution in [3.63, 3.8) is 0 Å². The summed E-state index contributed by atoms with van der Waals surface area (Å²) >= 11 is 0. The molecule has 0 atom stereocenters. The number of amides is 1. The molecule has 1 aromatic rings. The minimum absolute atomic E-state index is 0.364. The van der Waals surface area contributed by atoms with E-state index in [0.717, 1.165) is 17.0 Å². The first-order valence-corrected chi connectivity index (χ1v) is 9.56. The number of carbonyl (C=O) groups is 1. The van der Waals surface area contributed by atoms with Crippen LogP contribution in [0.4, 0.5) is 0 Å². The number of piperidine rings is 3. The number of benzene rings is 1. The van der Waals surface area contributed by atoms with Crippen molar-refractivity contribution in [2.75, 3.05) is 19.6 Å². The Morgan fingerprint density at radius 3 is 1.58 bits per heavy atom. The number of hydrogen-bond acceptors (Lipinski definition) is 2. The first-order valence-electron chi connectivity index (χ1n) is 9.56. The van der Waals surface area contributed by atoms with Gasteiger partial charge in [0.05, 0.1) is 0 Å². The number of hydrogen-bond donors (Lipinski definition) is 1. The van der Waals surface area contributed by atoms with Gasteiger partial charge in [0, 0.05) is 5.56 Å². The van der Waals surface area contributed by atoms with Crippen LogP contribution in [0.3, 0.4) is 0 Å². The number of primary amides is 1. The number of aryl methyl sites for hydroxylation is 2. The van der Waals surface area contributed by atoms with Crippen molar-refractivity contribution in [1.82, 2.24) is 4.90 Å². The minimum atomic E-state index is -0.364. The Balaban J connectivity index is 0.000000356. The second-order valence-electron chi connectivity index (χ2n) is 6.52. The van der Waals surface area contributed by atoms with Crippen LogP contribution in [0.5, 0.6) is 0 Å². The lowest BCUT2D eigenvalue weighted by Gasteiger charge is -2.38. The molecule has 3 heteroatoms. The summed E-state index contributed by atoms with van der Waals surface area (Å²) in [6.07, 6.45) is 5.71. The molecule has 0 spiro atoms.